The molecule has 9 aromatic carbocycles. The molecule has 0 radical (unpaired) electrons. The van der Waals surface area contributed by atoms with Gasteiger partial charge in [-0.1, -0.05) is 184 Å². The molecule has 0 spiro atoms. The molecule has 10 aromatic rings. The molecule has 362 valence electrons. The van der Waals surface area contributed by atoms with E-state index < -0.39 is 0 Å². The van der Waals surface area contributed by atoms with E-state index >= 15 is 0 Å². The van der Waals surface area contributed by atoms with Crippen LogP contribution in [-0.2, 0) is 16.2 Å². The van der Waals surface area contributed by atoms with E-state index in [2.05, 4.69) is 277 Å². The third kappa shape index (κ3) is 7.48. The van der Waals surface area contributed by atoms with Crippen molar-refractivity contribution >= 4 is 95.0 Å². The summed E-state index contributed by atoms with van der Waals surface area (Å²) in [4.78, 5) is 7.59. The van der Waals surface area contributed by atoms with Crippen LogP contribution in [0.2, 0.25) is 0 Å². The predicted molar refractivity (Wildman–Crippen MR) is 318 cm³/mol. The lowest BCUT2D eigenvalue weighted by atomic mass is 9.36. The van der Waals surface area contributed by atoms with Crippen molar-refractivity contribution in [1.29, 1.82) is 0 Å². The van der Waals surface area contributed by atoms with Crippen molar-refractivity contribution in [3.63, 3.8) is 0 Å². The third-order valence-corrected chi connectivity index (χ3v) is 16.7. The van der Waals surface area contributed by atoms with Crippen LogP contribution in [0.1, 0.15) is 79.0 Å². The predicted octanol–water partition coefficient (Wildman–Crippen LogP) is 17.8. The van der Waals surface area contributed by atoms with Gasteiger partial charge in [-0.15, -0.1) is 11.3 Å². The molecule has 13 rings (SSSR count). The van der Waals surface area contributed by atoms with E-state index in [1.165, 1.54) is 65.0 Å². The van der Waals surface area contributed by atoms with Gasteiger partial charge in [0.15, 0.2) is 11.5 Å². The normalized spacial score (nSPS) is 13.7. The Labute approximate surface area is 441 Å². The molecule has 0 saturated heterocycles. The maximum absolute atomic E-state index is 7.51. The maximum Gasteiger partial charge on any atom is 0.264 e. The summed E-state index contributed by atoms with van der Waals surface area (Å²) < 4.78 is 10.1. The largest absolute Gasteiger partial charge is 0.453 e. The van der Waals surface area contributed by atoms with E-state index in [1.54, 1.807) is 0 Å². The van der Waals surface area contributed by atoms with Crippen molar-refractivity contribution in [2.24, 2.45) is 0 Å². The van der Waals surface area contributed by atoms with Crippen LogP contribution in [0.15, 0.2) is 200 Å². The Morgan fingerprint density at radius 2 is 0.932 bits per heavy atom. The molecule has 0 saturated carbocycles. The van der Waals surface area contributed by atoms with E-state index in [9.17, 15) is 0 Å². The van der Waals surface area contributed by atoms with Crippen LogP contribution in [0, 0.1) is 0 Å². The highest BCUT2D eigenvalue weighted by Gasteiger charge is 2.47. The first-order valence-corrected chi connectivity index (χ1v) is 26.9. The fourth-order valence-electron chi connectivity index (χ4n) is 11.5. The van der Waals surface area contributed by atoms with Crippen LogP contribution >= 0.6 is 11.3 Å². The molecular weight excluding hydrogens is 918 g/mol. The van der Waals surface area contributed by atoms with Crippen LogP contribution in [0.4, 0.5) is 51.2 Å². The summed E-state index contributed by atoms with van der Waals surface area (Å²) in [6.07, 6.45) is 0. The molecule has 0 unspecified atom stereocenters. The maximum atomic E-state index is 7.51. The van der Waals surface area contributed by atoms with Gasteiger partial charge in [-0.05, 0) is 139 Å². The third-order valence-electron chi connectivity index (χ3n) is 15.5. The van der Waals surface area contributed by atoms with Gasteiger partial charge in [0, 0.05) is 48.9 Å². The number of anilines is 9. The van der Waals surface area contributed by atoms with Gasteiger partial charge in [0.05, 0.1) is 22.7 Å². The molecule has 0 fully saturated rings. The number of benzene rings is 9. The van der Waals surface area contributed by atoms with Gasteiger partial charge in [-0.2, -0.15) is 0 Å². The van der Waals surface area contributed by atoms with Crippen LogP contribution in [0.5, 0.6) is 11.5 Å². The molecule has 74 heavy (non-hydrogen) atoms. The van der Waals surface area contributed by atoms with Crippen molar-refractivity contribution in [3.8, 4) is 33.8 Å². The Morgan fingerprint density at radius 1 is 0.392 bits per heavy atom. The minimum Gasteiger partial charge on any atom is -0.453 e. The molecule has 2 bridgehead atoms. The number of rotatable bonds is 4. The Balaban J connectivity index is 1.18. The molecule has 0 N–H and O–H groups in total. The Kier molecular flexibility index (Phi) is 10.5. The number of hydrogen-bond donors (Lipinski definition) is 0. The quantitative estimate of drug-likeness (QED) is 0.164. The highest BCUT2D eigenvalue weighted by Crippen LogP contribution is 2.55. The molecule has 0 atom stereocenters. The zero-order chi connectivity index (χ0) is 50.8. The monoisotopic (exact) mass is 977 g/mol. The lowest BCUT2D eigenvalue weighted by Crippen LogP contribution is -2.60. The molecule has 3 aliphatic heterocycles. The van der Waals surface area contributed by atoms with Gasteiger partial charge < -0.3 is 19.4 Å². The van der Waals surface area contributed by atoms with Crippen LogP contribution in [0.25, 0.3) is 32.3 Å². The van der Waals surface area contributed by atoms with Crippen molar-refractivity contribution < 1.29 is 4.74 Å². The number of nitrogens with zero attached hydrogens (tertiary/aromatic N) is 3. The van der Waals surface area contributed by atoms with Gasteiger partial charge in [-0.25, -0.2) is 0 Å². The van der Waals surface area contributed by atoms with Crippen LogP contribution in [0.3, 0.4) is 0 Å². The molecule has 4 nitrogen and oxygen atoms in total. The van der Waals surface area contributed by atoms with Crippen molar-refractivity contribution in [1.82, 2.24) is 0 Å². The molecule has 3 aliphatic rings. The second-order valence-electron chi connectivity index (χ2n) is 23.4. The zero-order valence-electron chi connectivity index (χ0n) is 43.8. The van der Waals surface area contributed by atoms with E-state index in [4.69, 9.17) is 4.74 Å². The molecule has 4 heterocycles. The SMILES string of the molecule is CC(C)(C)c1ccc(N2c3cc(-c4ccccc4)cc4c3B(c3ccc5cc3N4c3cc(C(C)(C)C)ccc3Oc3ccc(C(C)(C)C)cc3N5c3ccccc3)c3sc4ccccc4c32)c(-c2ccccc2)c1. The summed E-state index contributed by atoms with van der Waals surface area (Å²) in [7, 11) is 0. The average molecular weight is 978 g/mol. The standard InChI is InChI=1S/C68H60BN3OS/c1-66(2,3)46-29-34-54(52(39-46)44-23-15-11-16-24-44)72-59-38-45(43-21-13-10-14-22-43)37-58-63(59)69(65-64(72)51-27-19-20-28-62(51)74-65)53-33-32-50-42-55(53)71(58)57-41-48(68(7,8)9)31-36-61(57)73-60-35-30-47(67(4,5)6)40-56(60)70(50)49-25-17-12-18-26-49/h10-42H,1-9H3. The average Bonchev–Trinajstić information content (AvgIpc) is 3.81. The highest BCUT2D eigenvalue weighted by atomic mass is 32.1. The number of para-hydroxylation sites is 1. The van der Waals surface area contributed by atoms with Gasteiger partial charge in [-0.3, -0.25) is 0 Å². The minimum absolute atomic E-state index is 0.0554. The summed E-state index contributed by atoms with van der Waals surface area (Å²) in [6.45, 7) is 20.7. The van der Waals surface area contributed by atoms with E-state index in [0.29, 0.717) is 0 Å². The molecular formula is C68H60BN3OS. The van der Waals surface area contributed by atoms with E-state index in [0.717, 1.165) is 62.4 Å². The van der Waals surface area contributed by atoms with Crippen molar-refractivity contribution in [2.45, 2.75) is 78.6 Å². The summed E-state index contributed by atoms with van der Waals surface area (Å²) in [5.74, 6) is 1.59. The van der Waals surface area contributed by atoms with E-state index in [-0.39, 0.29) is 23.0 Å². The fourth-order valence-corrected chi connectivity index (χ4v) is 12.8. The summed E-state index contributed by atoms with van der Waals surface area (Å²) in [5, 5.41) is 1.26. The van der Waals surface area contributed by atoms with E-state index in [1.807, 2.05) is 11.3 Å². The molecule has 6 heteroatoms. The van der Waals surface area contributed by atoms with Gasteiger partial charge in [0.1, 0.15) is 0 Å². The number of ether oxygens (including phenoxy) is 1. The highest BCUT2D eigenvalue weighted by molar-refractivity contribution is 7.33. The van der Waals surface area contributed by atoms with Gasteiger partial charge >= 0.3 is 0 Å². The first kappa shape index (κ1) is 46.0. The number of fused-ring (bicyclic) bond motifs is 10. The Morgan fingerprint density at radius 3 is 1.57 bits per heavy atom. The molecule has 0 aliphatic carbocycles. The van der Waals surface area contributed by atoms with Crippen LogP contribution < -0.4 is 35.1 Å². The lowest BCUT2D eigenvalue weighted by Gasteiger charge is -2.45. The second-order valence-corrected chi connectivity index (χ2v) is 24.5. The lowest BCUT2D eigenvalue weighted by molar-refractivity contribution is 0.482. The minimum atomic E-state index is -0.141. The first-order chi connectivity index (χ1) is 35.6. The van der Waals surface area contributed by atoms with Crippen molar-refractivity contribution in [2.75, 3.05) is 14.7 Å². The summed E-state index contributed by atoms with van der Waals surface area (Å²) in [5.41, 5.74) is 20.7. The topological polar surface area (TPSA) is 19.0 Å². The number of thiophene rings is 1. The van der Waals surface area contributed by atoms with Crippen LogP contribution in [-0.4, -0.2) is 6.71 Å². The Hall–Kier alpha value is -7.80. The second kappa shape index (κ2) is 16.9. The van der Waals surface area contributed by atoms with Gasteiger partial charge in [0.25, 0.3) is 6.71 Å². The van der Waals surface area contributed by atoms with Crippen molar-refractivity contribution in [3.05, 3.63) is 217 Å². The Bertz CT molecular complexity index is 3840. The number of hydrogen-bond acceptors (Lipinski definition) is 5. The van der Waals surface area contributed by atoms with Gasteiger partial charge in [0.2, 0.25) is 0 Å². The zero-order valence-corrected chi connectivity index (χ0v) is 44.6. The first-order valence-electron chi connectivity index (χ1n) is 26.1. The summed E-state index contributed by atoms with van der Waals surface area (Å²) >= 11 is 1.94. The fraction of sp³-hybridized carbons (Fsp3) is 0.176. The summed E-state index contributed by atoms with van der Waals surface area (Å²) in [6, 6.07) is 74.8. The molecule has 0 amide bonds. The molecule has 1 aromatic heterocycles. The smallest absolute Gasteiger partial charge is 0.264 e.